The summed E-state index contributed by atoms with van der Waals surface area (Å²) in [5.74, 6) is 0.194. The molecule has 3 heteroatoms. The van der Waals surface area contributed by atoms with Crippen LogP contribution in [0.5, 0.6) is 0 Å². The van der Waals surface area contributed by atoms with Crippen LogP contribution in [0.4, 0.5) is 0 Å². The lowest BCUT2D eigenvalue weighted by Crippen LogP contribution is -2.42. The lowest BCUT2D eigenvalue weighted by Gasteiger charge is -2.27. The molecule has 3 nitrogen and oxygen atoms in total. The van der Waals surface area contributed by atoms with E-state index in [1.165, 1.54) is 0 Å². The third kappa shape index (κ3) is 0.907. The Labute approximate surface area is 42.1 Å². The minimum atomic E-state index is -0.672. The van der Waals surface area contributed by atoms with Crippen molar-refractivity contribution in [1.82, 2.24) is 0 Å². The van der Waals surface area contributed by atoms with E-state index in [1.54, 1.807) is 0 Å². The van der Waals surface area contributed by atoms with Gasteiger partial charge in [-0.15, -0.1) is 0 Å². The van der Waals surface area contributed by atoms with Crippen molar-refractivity contribution in [2.45, 2.75) is 6.23 Å². The normalized spacial score (nSPS) is 26.6. The van der Waals surface area contributed by atoms with Gasteiger partial charge in [-0.2, -0.15) is 0 Å². The number of nitrogens with two attached hydrogens (primary N) is 1. The van der Waals surface area contributed by atoms with E-state index in [0.29, 0.717) is 13.2 Å². The first-order valence-corrected chi connectivity index (χ1v) is 2.32. The minimum Gasteiger partial charge on any atom is -0.380 e. The van der Waals surface area contributed by atoms with Crippen LogP contribution in [-0.4, -0.2) is 24.5 Å². The van der Waals surface area contributed by atoms with Crippen molar-refractivity contribution in [1.29, 1.82) is 0 Å². The summed E-state index contributed by atoms with van der Waals surface area (Å²) in [7, 11) is 0. The van der Waals surface area contributed by atoms with Gasteiger partial charge in [-0.05, 0) is 0 Å². The molecule has 0 aromatic carbocycles. The van der Waals surface area contributed by atoms with Crippen molar-refractivity contribution in [2.75, 3.05) is 13.2 Å². The van der Waals surface area contributed by atoms with E-state index < -0.39 is 6.23 Å². The molecule has 3 N–H and O–H groups in total. The fourth-order valence-electron chi connectivity index (χ4n) is 0.451. The standard InChI is InChI=1S/C4H9NO2/c5-4(6)3-1-7-2-3/h3-4,6H,1-2,5H2. The Kier molecular flexibility index (Phi) is 1.27. The molecule has 1 rings (SSSR count). The van der Waals surface area contributed by atoms with Crippen LogP contribution in [0.25, 0.3) is 0 Å². The molecule has 0 saturated carbocycles. The van der Waals surface area contributed by atoms with Gasteiger partial charge in [0.15, 0.2) is 0 Å². The van der Waals surface area contributed by atoms with Crippen LogP contribution in [0.1, 0.15) is 0 Å². The van der Waals surface area contributed by atoms with Gasteiger partial charge in [0.25, 0.3) is 0 Å². The smallest absolute Gasteiger partial charge is 0.109 e. The van der Waals surface area contributed by atoms with E-state index in [1.807, 2.05) is 0 Å². The molecule has 1 fully saturated rings. The maximum atomic E-state index is 8.57. The zero-order valence-electron chi connectivity index (χ0n) is 4.00. The van der Waals surface area contributed by atoms with E-state index in [0.717, 1.165) is 0 Å². The molecule has 1 saturated heterocycles. The van der Waals surface area contributed by atoms with E-state index in [2.05, 4.69) is 0 Å². The molecular formula is C4H9NO2. The van der Waals surface area contributed by atoms with Crippen LogP contribution in [0, 0.1) is 5.92 Å². The Bertz CT molecular complexity index is 60.7. The fourth-order valence-corrected chi connectivity index (χ4v) is 0.451. The van der Waals surface area contributed by atoms with E-state index in [-0.39, 0.29) is 5.92 Å². The number of aliphatic hydroxyl groups is 1. The molecule has 0 spiro atoms. The van der Waals surface area contributed by atoms with Crippen molar-refractivity contribution in [3.8, 4) is 0 Å². The Morgan fingerprint density at radius 3 is 2.29 bits per heavy atom. The Morgan fingerprint density at radius 1 is 1.71 bits per heavy atom. The highest BCUT2D eigenvalue weighted by Gasteiger charge is 2.23. The molecular weight excluding hydrogens is 94.0 g/mol. The van der Waals surface area contributed by atoms with Crippen molar-refractivity contribution in [2.24, 2.45) is 11.7 Å². The summed E-state index contributed by atoms with van der Waals surface area (Å²) in [6.45, 7) is 1.25. The second-order valence-corrected chi connectivity index (χ2v) is 1.79. The first-order valence-electron chi connectivity index (χ1n) is 2.32. The van der Waals surface area contributed by atoms with E-state index >= 15 is 0 Å². The highest BCUT2D eigenvalue weighted by molar-refractivity contribution is 4.68. The average Bonchev–Trinajstić information content (AvgIpc) is 1.23. The number of hydrogen-bond donors (Lipinski definition) is 2. The lowest BCUT2D eigenvalue weighted by molar-refractivity contribution is -0.0886. The monoisotopic (exact) mass is 103 g/mol. The number of aliphatic hydroxyl groups excluding tert-OH is 1. The molecule has 1 aliphatic heterocycles. The predicted molar refractivity (Wildman–Crippen MR) is 24.5 cm³/mol. The largest absolute Gasteiger partial charge is 0.380 e. The highest BCUT2D eigenvalue weighted by Crippen LogP contribution is 2.10. The Balaban J connectivity index is 2.14. The second-order valence-electron chi connectivity index (χ2n) is 1.79. The number of hydrogen-bond acceptors (Lipinski definition) is 3. The van der Waals surface area contributed by atoms with Crippen molar-refractivity contribution >= 4 is 0 Å². The van der Waals surface area contributed by atoms with Gasteiger partial charge < -0.3 is 15.6 Å². The second kappa shape index (κ2) is 1.78. The molecule has 7 heavy (non-hydrogen) atoms. The zero-order chi connectivity index (χ0) is 5.28. The van der Waals surface area contributed by atoms with Gasteiger partial charge >= 0.3 is 0 Å². The topological polar surface area (TPSA) is 55.5 Å². The third-order valence-corrected chi connectivity index (χ3v) is 1.15. The number of rotatable bonds is 1. The van der Waals surface area contributed by atoms with Crippen LogP contribution in [0.2, 0.25) is 0 Å². The maximum Gasteiger partial charge on any atom is 0.109 e. The summed E-state index contributed by atoms with van der Waals surface area (Å²) >= 11 is 0. The van der Waals surface area contributed by atoms with Crippen LogP contribution in [-0.2, 0) is 4.74 Å². The molecule has 1 unspecified atom stereocenters. The predicted octanol–water partition coefficient (Wildman–Crippen LogP) is -1.09. The van der Waals surface area contributed by atoms with Crippen molar-refractivity contribution in [3.63, 3.8) is 0 Å². The molecule has 1 heterocycles. The van der Waals surface area contributed by atoms with Gasteiger partial charge in [0.05, 0.1) is 13.2 Å². The van der Waals surface area contributed by atoms with Gasteiger partial charge in [-0.25, -0.2) is 0 Å². The van der Waals surface area contributed by atoms with Crippen LogP contribution in [0.15, 0.2) is 0 Å². The Morgan fingerprint density at radius 2 is 2.29 bits per heavy atom. The Hall–Kier alpha value is -0.120. The molecule has 0 aromatic rings. The summed E-state index contributed by atoms with van der Waals surface area (Å²) in [6, 6.07) is 0. The molecule has 42 valence electrons. The highest BCUT2D eigenvalue weighted by atomic mass is 16.5. The summed E-state index contributed by atoms with van der Waals surface area (Å²) in [5, 5.41) is 8.57. The van der Waals surface area contributed by atoms with Crippen molar-refractivity contribution < 1.29 is 9.84 Å². The van der Waals surface area contributed by atoms with Crippen LogP contribution >= 0.6 is 0 Å². The molecule has 0 amide bonds. The van der Waals surface area contributed by atoms with Gasteiger partial charge in [0, 0.05) is 5.92 Å². The van der Waals surface area contributed by atoms with Crippen LogP contribution in [0.3, 0.4) is 0 Å². The first-order chi connectivity index (χ1) is 3.30. The van der Waals surface area contributed by atoms with Gasteiger partial charge in [0.2, 0.25) is 0 Å². The number of ether oxygens (including phenoxy) is 1. The fraction of sp³-hybridized carbons (Fsp3) is 1.00. The quantitative estimate of drug-likeness (QED) is 0.415. The molecule has 0 bridgehead atoms. The van der Waals surface area contributed by atoms with Crippen LogP contribution < -0.4 is 5.73 Å². The SMILES string of the molecule is NC(O)C1COC1. The van der Waals surface area contributed by atoms with Gasteiger partial charge in [-0.3, -0.25) is 0 Å². The molecule has 0 radical (unpaired) electrons. The summed E-state index contributed by atoms with van der Waals surface area (Å²) in [4.78, 5) is 0. The maximum absolute atomic E-state index is 8.57. The zero-order valence-corrected chi connectivity index (χ0v) is 4.00. The van der Waals surface area contributed by atoms with Gasteiger partial charge in [0.1, 0.15) is 6.23 Å². The summed E-state index contributed by atoms with van der Waals surface area (Å²) in [5.41, 5.74) is 5.07. The molecule has 1 atom stereocenters. The van der Waals surface area contributed by atoms with E-state index in [9.17, 15) is 0 Å². The summed E-state index contributed by atoms with van der Waals surface area (Å²) < 4.78 is 4.76. The molecule has 1 aliphatic rings. The van der Waals surface area contributed by atoms with Crippen molar-refractivity contribution in [3.05, 3.63) is 0 Å². The molecule has 0 aliphatic carbocycles. The lowest BCUT2D eigenvalue weighted by atomic mass is 10.1. The average molecular weight is 103 g/mol. The molecule has 0 aromatic heterocycles. The minimum absolute atomic E-state index is 0.194. The third-order valence-electron chi connectivity index (χ3n) is 1.15. The van der Waals surface area contributed by atoms with E-state index in [4.69, 9.17) is 15.6 Å². The summed E-state index contributed by atoms with van der Waals surface area (Å²) in [6.07, 6.45) is -0.672. The van der Waals surface area contributed by atoms with Gasteiger partial charge in [-0.1, -0.05) is 0 Å². The first kappa shape index (κ1) is 5.03.